The van der Waals surface area contributed by atoms with Gasteiger partial charge in [0.05, 0.1) is 23.4 Å². The molecule has 1 N–H and O–H groups in total. The number of fused-ring (bicyclic) bond motifs is 1. The minimum Gasteiger partial charge on any atom is -0.480 e. The third-order valence-electron chi connectivity index (χ3n) is 6.53. The summed E-state index contributed by atoms with van der Waals surface area (Å²) >= 11 is 0. The van der Waals surface area contributed by atoms with Gasteiger partial charge in [-0.05, 0) is 67.6 Å². The second-order valence-electron chi connectivity index (χ2n) is 9.81. The number of para-hydroxylation sites is 2. The summed E-state index contributed by atoms with van der Waals surface area (Å²) in [6.07, 6.45) is -3.07. The van der Waals surface area contributed by atoms with E-state index in [-0.39, 0.29) is 24.4 Å². The molecule has 0 spiro atoms. The first-order valence-corrected chi connectivity index (χ1v) is 13.4. The Bertz CT molecular complexity index is 1440. The summed E-state index contributed by atoms with van der Waals surface area (Å²) in [5.41, 5.74) is 3.82. The zero-order valence-electron chi connectivity index (χ0n) is 22.9. The van der Waals surface area contributed by atoms with Crippen LogP contribution in [0.3, 0.4) is 0 Å². The highest BCUT2D eigenvalue weighted by atomic mass is 19.4. The molecular formula is C31H30F3N3O5. The van der Waals surface area contributed by atoms with Gasteiger partial charge in [0.2, 0.25) is 0 Å². The van der Waals surface area contributed by atoms with Gasteiger partial charge in [-0.3, -0.25) is 4.79 Å². The van der Waals surface area contributed by atoms with Gasteiger partial charge in [-0.15, -0.1) is 13.2 Å². The number of halogens is 3. The maximum Gasteiger partial charge on any atom is 0.573 e. The van der Waals surface area contributed by atoms with Crippen molar-refractivity contribution in [2.75, 3.05) is 31.2 Å². The van der Waals surface area contributed by atoms with Crippen LogP contribution in [0.1, 0.15) is 40.4 Å². The van der Waals surface area contributed by atoms with Gasteiger partial charge < -0.3 is 24.4 Å². The Balaban J connectivity index is 1.28. The molecule has 42 heavy (non-hydrogen) atoms. The first-order valence-electron chi connectivity index (χ1n) is 13.4. The van der Waals surface area contributed by atoms with Gasteiger partial charge in [-0.25, -0.2) is 4.79 Å². The van der Waals surface area contributed by atoms with Crippen LogP contribution in [-0.4, -0.2) is 50.6 Å². The van der Waals surface area contributed by atoms with E-state index < -0.39 is 24.6 Å². The highest BCUT2D eigenvalue weighted by Gasteiger charge is 2.32. The van der Waals surface area contributed by atoms with Crippen molar-refractivity contribution in [1.29, 1.82) is 5.26 Å². The fourth-order valence-corrected chi connectivity index (χ4v) is 4.84. The fourth-order valence-electron chi connectivity index (χ4n) is 4.84. The number of carbonyl (C=O) groups excluding carboxylic acids is 2. The molecule has 8 nitrogen and oxygen atoms in total. The summed E-state index contributed by atoms with van der Waals surface area (Å²) in [6, 6.07) is 19.8. The zero-order chi connectivity index (χ0) is 30.1. The predicted octanol–water partition coefficient (Wildman–Crippen LogP) is 5.19. The van der Waals surface area contributed by atoms with Crippen LogP contribution in [0.15, 0.2) is 66.7 Å². The number of carbonyl (C=O) groups is 2. The number of hydrogen-bond acceptors (Lipinski definition) is 7. The van der Waals surface area contributed by atoms with E-state index in [0.717, 1.165) is 35.8 Å². The number of ether oxygens (including phenoxy) is 3. The van der Waals surface area contributed by atoms with Crippen LogP contribution < -0.4 is 19.7 Å². The SMILES string of the molecule is C[C@H](Cc1cc(C#N)c2c(c1)CCN2CCCOC(=O)c1ccccc1)NC(=O)COc1ccccc1OC(F)(F)F. The number of nitrogens with zero attached hydrogens (tertiary/aromatic N) is 2. The molecule has 0 aromatic heterocycles. The summed E-state index contributed by atoms with van der Waals surface area (Å²) in [6.45, 7) is 2.93. The number of anilines is 1. The first kappa shape index (κ1) is 30.2. The van der Waals surface area contributed by atoms with Crippen molar-refractivity contribution in [2.24, 2.45) is 0 Å². The average Bonchev–Trinajstić information content (AvgIpc) is 3.36. The molecule has 4 rings (SSSR count). The molecule has 0 unspecified atom stereocenters. The molecule has 1 heterocycles. The number of hydrogen-bond donors (Lipinski definition) is 1. The van der Waals surface area contributed by atoms with Crippen LogP contribution in [0.25, 0.3) is 0 Å². The minimum atomic E-state index is -4.89. The van der Waals surface area contributed by atoms with Crippen molar-refractivity contribution in [3.8, 4) is 17.6 Å². The molecular weight excluding hydrogens is 551 g/mol. The summed E-state index contributed by atoms with van der Waals surface area (Å²) in [5, 5.41) is 12.6. The molecule has 0 saturated carbocycles. The molecule has 11 heteroatoms. The minimum absolute atomic E-state index is 0.200. The van der Waals surface area contributed by atoms with Gasteiger partial charge in [0.1, 0.15) is 6.07 Å². The van der Waals surface area contributed by atoms with E-state index in [2.05, 4.69) is 21.0 Å². The van der Waals surface area contributed by atoms with Crippen molar-refractivity contribution in [3.05, 3.63) is 89.0 Å². The average molecular weight is 582 g/mol. The summed E-state index contributed by atoms with van der Waals surface area (Å²) in [4.78, 5) is 26.7. The molecule has 0 radical (unpaired) electrons. The fraction of sp³-hybridized carbons (Fsp3) is 0.323. The topological polar surface area (TPSA) is 101 Å². The van der Waals surface area contributed by atoms with E-state index in [1.807, 2.05) is 12.1 Å². The number of nitriles is 1. The number of nitrogens with one attached hydrogen (secondary N) is 1. The Morgan fingerprint density at radius 3 is 2.50 bits per heavy atom. The lowest BCUT2D eigenvalue weighted by Gasteiger charge is -2.21. The van der Waals surface area contributed by atoms with Gasteiger partial charge >= 0.3 is 12.3 Å². The third-order valence-corrected chi connectivity index (χ3v) is 6.53. The maximum absolute atomic E-state index is 12.6. The normalized spacial score (nSPS) is 13.1. The molecule has 220 valence electrons. The van der Waals surface area contributed by atoms with Crippen LogP contribution >= 0.6 is 0 Å². The first-order chi connectivity index (χ1) is 20.1. The molecule has 1 aliphatic heterocycles. The summed E-state index contributed by atoms with van der Waals surface area (Å²) < 4.78 is 52.4. The molecule has 1 atom stereocenters. The Morgan fingerprint density at radius 2 is 1.79 bits per heavy atom. The number of benzene rings is 3. The predicted molar refractivity (Wildman–Crippen MR) is 148 cm³/mol. The number of rotatable bonds is 12. The summed E-state index contributed by atoms with van der Waals surface area (Å²) in [7, 11) is 0. The van der Waals surface area contributed by atoms with Crippen molar-refractivity contribution in [2.45, 2.75) is 38.6 Å². The van der Waals surface area contributed by atoms with Crippen LogP contribution in [-0.2, 0) is 22.4 Å². The molecule has 0 saturated heterocycles. The standard InChI is InChI=1S/C31H30F3N3O5/c1-21(36-28(38)20-41-26-10-5-6-11-27(26)42-31(32,33)34)16-22-17-24-12-14-37(29(24)25(18-22)19-35)13-7-15-40-30(39)23-8-3-2-4-9-23/h2-6,8-11,17-18,21H,7,12-16,20H2,1H3,(H,36,38)/t21-/m1/s1. The number of amides is 1. The van der Waals surface area contributed by atoms with E-state index in [1.165, 1.54) is 18.2 Å². The highest BCUT2D eigenvalue weighted by molar-refractivity contribution is 5.89. The Hall–Kier alpha value is -4.72. The molecule has 1 aliphatic rings. The van der Waals surface area contributed by atoms with Crippen LogP contribution in [0, 0.1) is 11.3 Å². The Kier molecular flexibility index (Phi) is 9.91. The van der Waals surface area contributed by atoms with Gasteiger partial charge in [0.15, 0.2) is 18.1 Å². The quantitative estimate of drug-likeness (QED) is 0.232. The Labute approximate surface area is 241 Å². The van der Waals surface area contributed by atoms with Gasteiger partial charge in [0, 0.05) is 19.1 Å². The van der Waals surface area contributed by atoms with Crippen LogP contribution in [0.4, 0.5) is 18.9 Å². The maximum atomic E-state index is 12.6. The molecule has 0 aliphatic carbocycles. The number of esters is 1. The van der Waals surface area contributed by atoms with E-state index >= 15 is 0 Å². The van der Waals surface area contributed by atoms with E-state index in [4.69, 9.17) is 9.47 Å². The summed E-state index contributed by atoms with van der Waals surface area (Å²) in [5.74, 6) is -1.61. The zero-order valence-corrected chi connectivity index (χ0v) is 22.9. The second-order valence-corrected chi connectivity index (χ2v) is 9.81. The highest BCUT2D eigenvalue weighted by Crippen LogP contribution is 2.34. The molecule has 3 aromatic rings. The van der Waals surface area contributed by atoms with Crippen molar-refractivity contribution in [1.82, 2.24) is 5.32 Å². The van der Waals surface area contributed by atoms with Crippen LogP contribution in [0.5, 0.6) is 11.5 Å². The lowest BCUT2D eigenvalue weighted by atomic mass is 9.99. The van der Waals surface area contributed by atoms with Crippen molar-refractivity contribution in [3.63, 3.8) is 0 Å². The van der Waals surface area contributed by atoms with Gasteiger partial charge in [-0.1, -0.05) is 36.4 Å². The lowest BCUT2D eigenvalue weighted by Crippen LogP contribution is -2.37. The smallest absolute Gasteiger partial charge is 0.480 e. The van der Waals surface area contributed by atoms with E-state index in [0.29, 0.717) is 30.5 Å². The van der Waals surface area contributed by atoms with E-state index in [9.17, 15) is 28.0 Å². The monoisotopic (exact) mass is 581 g/mol. The molecule has 1 amide bonds. The number of alkyl halides is 3. The van der Waals surface area contributed by atoms with Gasteiger partial charge in [0.25, 0.3) is 5.91 Å². The van der Waals surface area contributed by atoms with Crippen molar-refractivity contribution >= 4 is 17.6 Å². The Morgan fingerprint density at radius 1 is 1.07 bits per heavy atom. The van der Waals surface area contributed by atoms with Gasteiger partial charge in [-0.2, -0.15) is 5.26 Å². The third kappa shape index (κ3) is 8.39. The van der Waals surface area contributed by atoms with Crippen molar-refractivity contribution < 1.29 is 37.0 Å². The van der Waals surface area contributed by atoms with Crippen LogP contribution in [0.2, 0.25) is 0 Å². The largest absolute Gasteiger partial charge is 0.573 e. The molecule has 0 bridgehead atoms. The lowest BCUT2D eigenvalue weighted by molar-refractivity contribution is -0.275. The molecule has 0 fully saturated rings. The molecule has 3 aromatic carbocycles. The van der Waals surface area contributed by atoms with E-state index in [1.54, 1.807) is 37.3 Å². The second kappa shape index (κ2) is 13.8.